The molecule has 0 unspecified atom stereocenters. The van der Waals surface area contributed by atoms with Crippen LogP contribution in [0, 0.1) is 5.92 Å². The summed E-state index contributed by atoms with van der Waals surface area (Å²) in [5.41, 5.74) is 4.52. The monoisotopic (exact) mass is 377 g/mol. The van der Waals surface area contributed by atoms with Crippen LogP contribution in [-0.4, -0.2) is 33.1 Å². The van der Waals surface area contributed by atoms with E-state index in [0.29, 0.717) is 18.0 Å². The summed E-state index contributed by atoms with van der Waals surface area (Å²) >= 11 is 5.23. The van der Waals surface area contributed by atoms with E-state index in [1.165, 1.54) is 0 Å². The Balaban J connectivity index is 2.07. The predicted molar refractivity (Wildman–Crippen MR) is 103 cm³/mol. The molecule has 1 spiro atoms. The lowest BCUT2D eigenvalue weighted by Gasteiger charge is -2.49. The third-order valence-electron chi connectivity index (χ3n) is 4.88. The van der Waals surface area contributed by atoms with Crippen LogP contribution in [-0.2, 0) is 9.53 Å². The van der Waals surface area contributed by atoms with Gasteiger partial charge in [-0.1, -0.05) is 30.3 Å². The maximum atomic E-state index is 13.2. The molecule has 1 aliphatic carbocycles. The first-order valence-corrected chi connectivity index (χ1v) is 9.28. The van der Waals surface area contributed by atoms with Crippen LogP contribution in [0.15, 0.2) is 30.3 Å². The molecule has 0 bridgehead atoms. The Morgan fingerprint density at radius 3 is 2.50 bits per heavy atom. The van der Waals surface area contributed by atoms with Crippen LogP contribution in [0.1, 0.15) is 52.0 Å². The minimum Gasteiger partial charge on any atom is -0.460 e. The van der Waals surface area contributed by atoms with Gasteiger partial charge in [-0.2, -0.15) is 0 Å². The molecule has 3 rings (SSSR count). The van der Waals surface area contributed by atoms with Crippen LogP contribution in [0.4, 0.5) is 0 Å². The molecule has 1 saturated heterocycles. The molecule has 2 fully saturated rings. The van der Waals surface area contributed by atoms with Crippen molar-refractivity contribution in [3.05, 3.63) is 35.9 Å². The number of ether oxygens (including phenoxy) is 1. The molecule has 7 heteroatoms. The van der Waals surface area contributed by atoms with E-state index in [1.807, 2.05) is 51.1 Å². The number of hydrazine groups is 1. The Hall–Kier alpha value is -1.70. The molecule has 6 nitrogen and oxygen atoms in total. The fourth-order valence-electron chi connectivity index (χ4n) is 4.14. The van der Waals surface area contributed by atoms with Crippen LogP contribution in [0.25, 0.3) is 0 Å². The van der Waals surface area contributed by atoms with Crippen LogP contribution in [0.2, 0.25) is 0 Å². The van der Waals surface area contributed by atoms with Gasteiger partial charge in [0.25, 0.3) is 0 Å². The van der Waals surface area contributed by atoms with Crippen LogP contribution >= 0.6 is 12.2 Å². The van der Waals surface area contributed by atoms with Crippen molar-refractivity contribution in [1.29, 1.82) is 0 Å². The lowest BCUT2D eigenvalue weighted by molar-refractivity contribution is -0.170. The van der Waals surface area contributed by atoms with E-state index in [4.69, 9.17) is 17.0 Å². The van der Waals surface area contributed by atoms with E-state index >= 15 is 0 Å². The van der Waals surface area contributed by atoms with E-state index in [-0.39, 0.29) is 11.9 Å². The number of benzene rings is 1. The first-order chi connectivity index (χ1) is 12.0. The standard InChI is InChI=1S/C19H27N3O3S/c1-17(2,3)25-15(23)14-13(12-8-6-5-7-9-12)10-18(4,24)11-19(14)20-16(26)21-22-19/h5-9,13-14,22,24H,10-11H2,1-4H3,(H2,20,21,26)/t13-,14+,18+,19-/m1/s1. The summed E-state index contributed by atoms with van der Waals surface area (Å²) in [7, 11) is 0. The van der Waals surface area contributed by atoms with Gasteiger partial charge < -0.3 is 15.2 Å². The Labute approximate surface area is 159 Å². The quantitative estimate of drug-likeness (QED) is 0.463. The lowest BCUT2D eigenvalue weighted by atomic mass is 9.64. The second-order valence-electron chi connectivity index (χ2n) is 8.58. The summed E-state index contributed by atoms with van der Waals surface area (Å²) in [4.78, 5) is 13.2. The van der Waals surface area contributed by atoms with Gasteiger partial charge in [0.05, 0.1) is 5.60 Å². The molecule has 1 aromatic carbocycles. The predicted octanol–water partition coefficient (Wildman–Crippen LogP) is 1.95. The van der Waals surface area contributed by atoms with Crippen molar-refractivity contribution < 1.29 is 14.6 Å². The molecule has 1 heterocycles. The Bertz CT molecular complexity index is 702. The zero-order chi connectivity index (χ0) is 19.2. The molecule has 0 aromatic heterocycles. The molecule has 1 aromatic rings. The van der Waals surface area contributed by atoms with Crippen LogP contribution in [0.5, 0.6) is 0 Å². The lowest BCUT2D eigenvalue weighted by Crippen LogP contribution is -2.67. The summed E-state index contributed by atoms with van der Waals surface area (Å²) < 4.78 is 5.75. The van der Waals surface area contributed by atoms with Crippen molar-refractivity contribution in [2.45, 2.75) is 63.3 Å². The largest absolute Gasteiger partial charge is 0.460 e. The number of carbonyl (C=O) groups is 1. The summed E-state index contributed by atoms with van der Waals surface area (Å²) in [6.07, 6.45) is 0.777. The fraction of sp³-hybridized carbons (Fsp3) is 0.579. The summed E-state index contributed by atoms with van der Waals surface area (Å²) in [6.45, 7) is 7.35. The van der Waals surface area contributed by atoms with Crippen molar-refractivity contribution >= 4 is 23.3 Å². The summed E-state index contributed by atoms with van der Waals surface area (Å²) in [5, 5.41) is 14.5. The number of thiocarbonyl (C=S) groups is 1. The van der Waals surface area contributed by atoms with Gasteiger partial charge in [0.2, 0.25) is 0 Å². The highest BCUT2D eigenvalue weighted by Crippen LogP contribution is 2.48. The van der Waals surface area contributed by atoms with E-state index in [1.54, 1.807) is 6.92 Å². The van der Waals surface area contributed by atoms with E-state index in [0.717, 1.165) is 5.56 Å². The third-order valence-corrected chi connectivity index (χ3v) is 5.08. The molecule has 4 atom stereocenters. The molecular weight excluding hydrogens is 350 g/mol. The topological polar surface area (TPSA) is 82.6 Å². The molecule has 4 N–H and O–H groups in total. The first-order valence-electron chi connectivity index (χ1n) is 8.87. The fourth-order valence-corrected chi connectivity index (χ4v) is 4.37. The van der Waals surface area contributed by atoms with E-state index in [2.05, 4.69) is 16.2 Å². The molecular formula is C19H27N3O3S. The molecule has 0 amide bonds. The SMILES string of the molecule is CC(C)(C)OC(=O)[C@@H]1[C@@H](c2ccccc2)C[C@](C)(O)C[C@@]12NNC(=S)N2. The summed E-state index contributed by atoms with van der Waals surface area (Å²) in [5.74, 6) is -1.09. The molecule has 1 aliphatic heterocycles. The van der Waals surface area contributed by atoms with Crippen molar-refractivity contribution in [1.82, 2.24) is 16.2 Å². The van der Waals surface area contributed by atoms with E-state index in [9.17, 15) is 9.90 Å². The number of rotatable bonds is 2. The zero-order valence-electron chi connectivity index (χ0n) is 15.6. The minimum absolute atomic E-state index is 0.225. The molecule has 26 heavy (non-hydrogen) atoms. The Kier molecular flexibility index (Phi) is 4.75. The normalized spacial score (nSPS) is 34.3. The van der Waals surface area contributed by atoms with Gasteiger partial charge in [-0.3, -0.25) is 10.2 Å². The van der Waals surface area contributed by atoms with Gasteiger partial charge in [0.15, 0.2) is 5.11 Å². The maximum absolute atomic E-state index is 13.2. The van der Waals surface area contributed by atoms with Gasteiger partial charge in [-0.15, -0.1) is 0 Å². The minimum atomic E-state index is -0.972. The molecule has 1 saturated carbocycles. The summed E-state index contributed by atoms with van der Waals surface area (Å²) in [6, 6.07) is 9.78. The molecule has 0 radical (unpaired) electrons. The van der Waals surface area contributed by atoms with Crippen molar-refractivity contribution in [2.75, 3.05) is 0 Å². The van der Waals surface area contributed by atoms with Gasteiger partial charge in [0, 0.05) is 12.3 Å². The van der Waals surface area contributed by atoms with E-state index < -0.39 is 22.8 Å². The second-order valence-corrected chi connectivity index (χ2v) is 8.99. The number of aliphatic hydroxyl groups is 1. The van der Waals surface area contributed by atoms with Crippen molar-refractivity contribution in [3.63, 3.8) is 0 Å². The number of hydrogen-bond acceptors (Lipinski definition) is 5. The highest BCUT2D eigenvalue weighted by atomic mass is 32.1. The van der Waals surface area contributed by atoms with Gasteiger partial charge in [0.1, 0.15) is 17.2 Å². The molecule has 142 valence electrons. The average Bonchev–Trinajstić information content (AvgIpc) is 2.85. The zero-order valence-corrected chi connectivity index (χ0v) is 16.4. The van der Waals surface area contributed by atoms with Gasteiger partial charge in [-0.05, 0) is 51.9 Å². The van der Waals surface area contributed by atoms with Gasteiger partial charge in [-0.25, -0.2) is 5.43 Å². The smallest absolute Gasteiger partial charge is 0.313 e. The number of nitrogens with one attached hydrogen (secondary N) is 3. The average molecular weight is 378 g/mol. The maximum Gasteiger partial charge on any atom is 0.313 e. The van der Waals surface area contributed by atoms with Crippen LogP contribution in [0.3, 0.4) is 0 Å². The van der Waals surface area contributed by atoms with Gasteiger partial charge >= 0.3 is 5.97 Å². The third kappa shape index (κ3) is 3.84. The van der Waals surface area contributed by atoms with Crippen molar-refractivity contribution in [2.24, 2.45) is 5.92 Å². The number of esters is 1. The van der Waals surface area contributed by atoms with Crippen LogP contribution < -0.4 is 16.2 Å². The second kappa shape index (κ2) is 6.48. The number of carbonyl (C=O) groups excluding carboxylic acids is 1. The Morgan fingerprint density at radius 1 is 1.31 bits per heavy atom. The first kappa shape index (κ1) is 19.1. The highest BCUT2D eigenvalue weighted by Gasteiger charge is 2.59. The van der Waals surface area contributed by atoms with Crippen molar-refractivity contribution in [3.8, 4) is 0 Å². The highest BCUT2D eigenvalue weighted by molar-refractivity contribution is 7.80. The number of hydrogen-bond donors (Lipinski definition) is 4. The molecule has 2 aliphatic rings. The Morgan fingerprint density at radius 2 is 1.96 bits per heavy atom.